The van der Waals surface area contributed by atoms with Crippen molar-refractivity contribution in [1.82, 2.24) is 25.1 Å². The van der Waals surface area contributed by atoms with Crippen LogP contribution in [0.3, 0.4) is 0 Å². The van der Waals surface area contributed by atoms with Gasteiger partial charge in [-0.15, -0.1) is 0 Å². The van der Waals surface area contributed by atoms with Crippen molar-refractivity contribution in [3.05, 3.63) is 71.8 Å². The van der Waals surface area contributed by atoms with E-state index in [1.807, 2.05) is 58.4 Å². The van der Waals surface area contributed by atoms with Crippen LogP contribution < -0.4 is 5.32 Å². The molecule has 0 unspecified atom stereocenters. The van der Waals surface area contributed by atoms with Gasteiger partial charge in [-0.05, 0) is 24.0 Å². The molecule has 2 aliphatic heterocycles. The van der Waals surface area contributed by atoms with Gasteiger partial charge in [-0.1, -0.05) is 67.6 Å². The average molecular weight is 480 g/mol. The van der Waals surface area contributed by atoms with Crippen LogP contribution in [0.1, 0.15) is 36.9 Å². The topological polar surface area (TPSA) is 68.4 Å². The van der Waals surface area contributed by atoms with Crippen LogP contribution in [0.4, 0.5) is 4.79 Å². The molecule has 2 heterocycles. The Balaban J connectivity index is 1.62. The molecule has 2 fully saturated rings. The Bertz CT molecular complexity index is 958. The summed E-state index contributed by atoms with van der Waals surface area (Å²) in [5.41, 5.74) is 2.13. The van der Waals surface area contributed by atoms with Gasteiger partial charge >= 0.3 is 6.03 Å². The minimum atomic E-state index is -0.375. The molecule has 0 aliphatic carbocycles. The predicted molar refractivity (Wildman–Crippen MR) is 135 cm³/mol. The second kappa shape index (κ2) is 12.2. The molecule has 1 N–H and O–H groups in total. The van der Waals surface area contributed by atoms with Crippen molar-refractivity contribution in [2.24, 2.45) is 0 Å². The lowest BCUT2D eigenvalue weighted by Crippen LogP contribution is -2.73. The molecule has 4 rings (SSSR count). The fraction of sp³-hybridized carbons (Fsp3) is 0.481. The van der Waals surface area contributed by atoms with Crippen LogP contribution in [0.5, 0.6) is 0 Å². The highest BCUT2D eigenvalue weighted by Crippen LogP contribution is 2.34. The molecule has 188 valence electrons. The lowest BCUT2D eigenvalue weighted by Gasteiger charge is -2.56. The van der Waals surface area contributed by atoms with E-state index in [4.69, 9.17) is 4.74 Å². The molecular formula is C27H37N5O3. The maximum atomic E-state index is 13.6. The normalized spacial score (nSPS) is 21.1. The molecule has 0 bridgehead atoms. The minimum Gasteiger partial charge on any atom is -0.385 e. The largest absolute Gasteiger partial charge is 0.385 e. The van der Waals surface area contributed by atoms with E-state index in [0.717, 1.165) is 37.1 Å². The third kappa shape index (κ3) is 6.01. The Morgan fingerprint density at radius 1 is 1.03 bits per heavy atom. The molecule has 0 spiro atoms. The number of carbonyl (C=O) groups excluding carboxylic acids is 2. The first-order chi connectivity index (χ1) is 17.1. The van der Waals surface area contributed by atoms with Crippen molar-refractivity contribution in [3.63, 3.8) is 0 Å². The summed E-state index contributed by atoms with van der Waals surface area (Å²) in [7, 11) is 1.71. The molecule has 0 radical (unpaired) electrons. The van der Waals surface area contributed by atoms with Gasteiger partial charge in [0, 0.05) is 46.4 Å². The van der Waals surface area contributed by atoms with Gasteiger partial charge in [-0.3, -0.25) is 9.69 Å². The molecule has 8 heteroatoms. The first-order valence-electron chi connectivity index (χ1n) is 12.6. The zero-order valence-electron chi connectivity index (χ0n) is 20.8. The third-order valence-electron chi connectivity index (χ3n) is 6.69. The van der Waals surface area contributed by atoms with Gasteiger partial charge in [0.25, 0.3) is 0 Å². The van der Waals surface area contributed by atoms with Crippen LogP contribution in [-0.2, 0) is 16.1 Å². The van der Waals surface area contributed by atoms with E-state index in [9.17, 15) is 9.59 Å². The maximum absolute atomic E-state index is 13.6. The van der Waals surface area contributed by atoms with Crippen LogP contribution >= 0.6 is 0 Å². The number of nitrogens with one attached hydrogen (secondary N) is 1. The number of hydrogen-bond acceptors (Lipinski definition) is 5. The smallest absolute Gasteiger partial charge is 0.334 e. The number of benzene rings is 2. The highest BCUT2D eigenvalue weighted by atomic mass is 16.5. The number of nitrogens with zero attached hydrogens (tertiary/aromatic N) is 4. The average Bonchev–Trinajstić information content (AvgIpc) is 2.88. The minimum absolute atomic E-state index is 0.0703. The summed E-state index contributed by atoms with van der Waals surface area (Å²) in [6.45, 7) is 6.25. The van der Waals surface area contributed by atoms with E-state index in [0.29, 0.717) is 26.2 Å². The van der Waals surface area contributed by atoms with Crippen molar-refractivity contribution in [3.8, 4) is 0 Å². The Labute approximate surface area is 208 Å². The molecule has 35 heavy (non-hydrogen) atoms. The van der Waals surface area contributed by atoms with Crippen LogP contribution in [0.2, 0.25) is 0 Å². The van der Waals surface area contributed by atoms with Gasteiger partial charge < -0.3 is 15.0 Å². The lowest BCUT2D eigenvalue weighted by atomic mass is 9.99. The second-order valence-electron chi connectivity index (χ2n) is 9.19. The summed E-state index contributed by atoms with van der Waals surface area (Å²) < 4.78 is 5.28. The molecular weight excluding hydrogens is 442 g/mol. The Kier molecular flexibility index (Phi) is 8.74. The van der Waals surface area contributed by atoms with Crippen LogP contribution in [0.15, 0.2) is 60.7 Å². The standard InChI is InChI=1S/C27H37N5O3/c1-3-15-30-21-26(33)31-24(23-13-8-5-9-14-23)19-29(16-10-17-35-2)20-25(31)32(30)27(34)28-18-22-11-6-4-7-12-22/h4-9,11-14,24-25H,3,10,15-21H2,1-2H3,(H,28,34)/t24-,25+/m1/s1. The second-order valence-corrected chi connectivity index (χ2v) is 9.19. The van der Waals surface area contributed by atoms with E-state index in [-0.39, 0.29) is 30.7 Å². The lowest BCUT2D eigenvalue weighted by molar-refractivity contribution is -0.185. The summed E-state index contributed by atoms with van der Waals surface area (Å²) in [5, 5.41) is 6.81. The summed E-state index contributed by atoms with van der Waals surface area (Å²) in [6, 6.07) is 19.8. The van der Waals surface area contributed by atoms with Crippen molar-refractivity contribution < 1.29 is 14.3 Å². The van der Waals surface area contributed by atoms with Crippen LogP contribution in [-0.4, -0.2) is 84.4 Å². The number of ether oxygens (including phenoxy) is 1. The Hall–Kier alpha value is -2.94. The molecule has 2 aromatic carbocycles. The van der Waals surface area contributed by atoms with Gasteiger partial charge in [-0.25, -0.2) is 14.8 Å². The van der Waals surface area contributed by atoms with Crippen LogP contribution in [0, 0.1) is 0 Å². The molecule has 2 aliphatic rings. The van der Waals surface area contributed by atoms with Gasteiger partial charge in [0.15, 0.2) is 0 Å². The summed E-state index contributed by atoms with van der Waals surface area (Å²) in [4.78, 5) is 31.4. The molecule has 3 amide bonds. The SMILES string of the molecule is CCCN1CC(=O)N2[C@@H](c3ccccc3)CN(CCCOC)C[C@@H]2N1C(=O)NCc1ccccc1. The van der Waals surface area contributed by atoms with Crippen molar-refractivity contribution >= 4 is 11.9 Å². The number of piperazine rings is 1. The maximum Gasteiger partial charge on any atom is 0.334 e. The van der Waals surface area contributed by atoms with Gasteiger partial charge in [0.1, 0.15) is 6.17 Å². The van der Waals surface area contributed by atoms with Gasteiger partial charge in [0.2, 0.25) is 5.91 Å². The van der Waals surface area contributed by atoms with E-state index in [2.05, 4.69) is 29.3 Å². The number of amides is 3. The number of urea groups is 1. The highest BCUT2D eigenvalue weighted by Gasteiger charge is 2.48. The molecule has 8 nitrogen and oxygen atoms in total. The molecule has 2 atom stereocenters. The van der Waals surface area contributed by atoms with E-state index in [1.54, 1.807) is 12.1 Å². The number of hydrazine groups is 1. The quantitative estimate of drug-likeness (QED) is 0.560. The van der Waals surface area contributed by atoms with Crippen molar-refractivity contribution in [1.29, 1.82) is 0 Å². The zero-order chi connectivity index (χ0) is 24.6. The number of hydrogen-bond donors (Lipinski definition) is 1. The molecule has 0 saturated carbocycles. The number of fused-ring (bicyclic) bond motifs is 1. The summed E-state index contributed by atoms with van der Waals surface area (Å²) >= 11 is 0. The monoisotopic (exact) mass is 479 g/mol. The van der Waals surface area contributed by atoms with E-state index >= 15 is 0 Å². The van der Waals surface area contributed by atoms with E-state index < -0.39 is 0 Å². The van der Waals surface area contributed by atoms with Crippen LogP contribution in [0.25, 0.3) is 0 Å². The Morgan fingerprint density at radius 3 is 2.43 bits per heavy atom. The molecule has 2 saturated heterocycles. The predicted octanol–water partition coefficient (Wildman–Crippen LogP) is 3.09. The Morgan fingerprint density at radius 2 is 1.74 bits per heavy atom. The zero-order valence-corrected chi connectivity index (χ0v) is 20.8. The summed E-state index contributed by atoms with van der Waals surface area (Å²) in [5.74, 6) is 0.0703. The van der Waals surface area contributed by atoms with E-state index in [1.165, 1.54) is 0 Å². The fourth-order valence-corrected chi connectivity index (χ4v) is 5.09. The van der Waals surface area contributed by atoms with Gasteiger partial charge in [-0.2, -0.15) is 0 Å². The third-order valence-corrected chi connectivity index (χ3v) is 6.69. The fourth-order valence-electron chi connectivity index (χ4n) is 5.09. The number of rotatable bonds is 9. The van der Waals surface area contributed by atoms with Crippen molar-refractivity contribution in [2.45, 2.75) is 38.5 Å². The molecule has 0 aromatic heterocycles. The van der Waals surface area contributed by atoms with Crippen molar-refractivity contribution in [2.75, 3.05) is 46.4 Å². The first kappa shape index (κ1) is 25.2. The van der Waals surface area contributed by atoms with Gasteiger partial charge in [0.05, 0.1) is 12.6 Å². The number of carbonyl (C=O) groups is 2. The summed E-state index contributed by atoms with van der Waals surface area (Å²) in [6.07, 6.45) is 1.37. The molecule has 2 aromatic rings. The highest BCUT2D eigenvalue weighted by molar-refractivity contribution is 5.83. The number of methoxy groups -OCH3 is 1. The first-order valence-corrected chi connectivity index (χ1v) is 12.6.